The number of rotatable bonds is 7. The summed E-state index contributed by atoms with van der Waals surface area (Å²) in [5.74, 6) is -0.0547. The summed E-state index contributed by atoms with van der Waals surface area (Å²) < 4.78 is 40.6. The van der Waals surface area contributed by atoms with Gasteiger partial charge in [0.2, 0.25) is 11.9 Å². The Morgan fingerprint density at radius 3 is 2.50 bits per heavy atom. The summed E-state index contributed by atoms with van der Waals surface area (Å²) in [5, 5.41) is 12.7. The van der Waals surface area contributed by atoms with Crippen LogP contribution in [0.5, 0.6) is 5.75 Å². The lowest BCUT2D eigenvalue weighted by Gasteiger charge is -2.34. The van der Waals surface area contributed by atoms with E-state index in [1.54, 1.807) is 6.07 Å². The van der Waals surface area contributed by atoms with Gasteiger partial charge < -0.3 is 20.1 Å². The van der Waals surface area contributed by atoms with Crippen molar-refractivity contribution in [2.45, 2.75) is 13.3 Å². The number of amides is 1. The molecule has 2 aromatic carbocycles. The molecule has 0 spiro atoms. The minimum absolute atomic E-state index is 0.147. The molecule has 1 aliphatic heterocycles. The molecule has 1 fully saturated rings. The van der Waals surface area contributed by atoms with Crippen LogP contribution >= 0.6 is 0 Å². The maximum atomic E-state index is 12.4. The van der Waals surface area contributed by atoms with Crippen molar-refractivity contribution in [3.63, 3.8) is 0 Å². The van der Waals surface area contributed by atoms with Crippen molar-refractivity contribution >= 4 is 34.5 Å². The number of halogens is 3. The number of hydrogen-bond donors (Lipinski definition) is 2. The maximum absolute atomic E-state index is 12.4. The second-order valence-electron chi connectivity index (χ2n) is 8.33. The van der Waals surface area contributed by atoms with Crippen molar-refractivity contribution < 1.29 is 27.8 Å². The number of aryl methyl sites for hydroxylation is 1. The van der Waals surface area contributed by atoms with Crippen LogP contribution in [0.1, 0.15) is 11.3 Å². The number of ether oxygens (including phenoxy) is 1. The van der Waals surface area contributed by atoms with E-state index >= 15 is 0 Å². The number of nitrogens with zero attached hydrogens (tertiary/aromatic N) is 4. The number of fused-ring (bicyclic) bond motifs is 1. The van der Waals surface area contributed by atoms with E-state index < -0.39 is 6.36 Å². The molecule has 8 nitrogen and oxygen atoms in total. The quantitative estimate of drug-likeness (QED) is 0.478. The van der Waals surface area contributed by atoms with Gasteiger partial charge in [-0.25, -0.2) is 9.97 Å². The van der Waals surface area contributed by atoms with E-state index in [9.17, 15) is 18.0 Å². The number of piperazine rings is 1. The van der Waals surface area contributed by atoms with E-state index in [1.165, 1.54) is 36.4 Å². The van der Waals surface area contributed by atoms with Crippen molar-refractivity contribution in [2.75, 3.05) is 49.5 Å². The number of aliphatic hydroxyl groups excluding tert-OH is 1. The van der Waals surface area contributed by atoms with Crippen molar-refractivity contribution in [3.05, 3.63) is 59.8 Å². The fourth-order valence-corrected chi connectivity index (χ4v) is 3.93. The summed E-state index contributed by atoms with van der Waals surface area (Å²) in [7, 11) is 0. The lowest BCUT2D eigenvalue weighted by Crippen LogP contribution is -2.47. The Bertz CT molecular complexity index is 1240. The summed E-state index contributed by atoms with van der Waals surface area (Å²) in [6, 6.07) is 10.6. The Kier molecular flexibility index (Phi) is 7.70. The fraction of sp³-hybridized carbons (Fsp3) is 0.320. The van der Waals surface area contributed by atoms with E-state index in [0.717, 1.165) is 42.8 Å². The molecular formula is C25H26F3N5O3. The normalized spacial score (nSPS) is 15.0. The molecule has 1 saturated heterocycles. The van der Waals surface area contributed by atoms with Crippen molar-refractivity contribution in [3.8, 4) is 5.75 Å². The fourth-order valence-electron chi connectivity index (χ4n) is 3.93. The average Bonchev–Trinajstić information content (AvgIpc) is 2.84. The molecule has 4 rings (SSSR count). The van der Waals surface area contributed by atoms with Gasteiger partial charge in [0.1, 0.15) is 5.75 Å². The Balaban J connectivity index is 1.39. The van der Waals surface area contributed by atoms with Crippen molar-refractivity contribution in [1.29, 1.82) is 0 Å². The highest BCUT2D eigenvalue weighted by molar-refractivity contribution is 6.03. The second-order valence-corrected chi connectivity index (χ2v) is 8.33. The molecule has 1 aliphatic rings. The molecule has 0 bridgehead atoms. The largest absolute Gasteiger partial charge is 0.573 e. The van der Waals surface area contributed by atoms with Crippen molar-refractivity contribution in [2.24, 2.45) is 0 Å². The number of carbonyl (C=O) groups excluding carboxylic acids is 1. The SMILES string of the molecule is Cc1nc(N2CCN(CCO)CC2)nc2ccc(NC(=O)C=Cc3ccc(OC(F)(F)F)cc3)cc12. The van der Waals surface area contributed by atoms with Crippen LogP contribution < -0.4 is 15.0 Å². The predicted octanol–water partition coefficient (Wildman–Crippen LogP) is 3.60. The molecule has 36 heavy (non-hydrogen) atoms. The smallest absolute Gasteiger partial charge is 0.406 e. The number of alkyl halides is 3. The Hall–Kier alpha value is -3.70. The molecule has 0 unspecified atom stereocenters. The monoisotopic (exact) mass is 501 g/mol. The van der Waals surface area contributed by atoms with Gasteiger partial charge in [0, 0.05) is 49.9 Å². The standard InChI is InChI=1S/C25H26F3N5O3/c1-17-21-16-19(30-23(35)9-4-18-2-6-20(7-3-18)36-25(26,27)28)5-8-22(21)31-24(29-17)33-12-10-32(11-13-33)14-15-34/h2-9,16,34H,10-15H2,1H3,(H,30,35). The van der Waals surface area contributed by atoms with E-state index in [-0.39, 0.29) is 18.3 Å². The number of β-amino-alcohol motifs (C(OH)–C–C–N with tert-alkyl or cyclic N) is 1. The zero-order valence-corrected chi connectivity index (χ0v) is 19.6. The number of aliphatic hydroxyl groups is 1. The predicted molar refractivity (Wildman–Crippen MR) is 131 cm³/mol. The average molecular weight is 502 g/mol. The van der Waals surface area contributed by atoms with E-state index in [2.05, 4.69) is 24.8 Å². The third-order valence-corrected chi connectivity index (χ3v) is 5.75. The molecule has 0 saturated carbocycles. The third-order valence-electron chi connectivity index (χ3n) is 5.75. The van der Waals surface area contributed by atoms with Gasteiger partial charge in [0.15, 0.2) is 0 Å². The number of hydrogen-bond acceptors (Lipinski definition) is 7. The first-order chi connectivity index (χ1) is 17.2. The van der Waals surface area contributed by atoms with E-state index in [4.69, 9.17) is 10.1 Å². The minimum Gasteiger partial charge on any atom is -0.406 e. The zero-order valence-electron chi connectivity index (χ0n) is 19.6. The van der Waals surface area contributed by atoms with Crippen LogP contribution in [0.4, 0.5) is 24.8 Å². The first-order valence-electron chi connectivity index (χ1n) is 11.4. The van der Waals surface area contributed by atoms with E-state index in [1.807, 2.05) is 19.1 Å². The van der Waals surface area contributed by atoms with Crippen LogP contribution in [-0.4, -0.2) is 71.6 Å². The molecule has 2 N–H and O–H groups in total. The van der Waals surface area contributed by atoms with Gasteiger partial charge in [-0.1, -0.05) is 12.1 Å². The van der Waals surface area contributed by atoms with Gasteiger partial charge in [-0.3, -0.25) is 9.69 Å². The topological polar surface area (TPSA) is 90.8 Å². The molecule has 0 atom stereocenters. The Labute approximate surface area is 206 Å². The summed E-state index contributed by atoms with van der Waals surface area (Å²) in [5.41, 5.74) is 2.68. The first kappa shape index (κ1) is 25.4. The Morgan fingerprint density at radius 2 is 1.83 bits per heavy atom. The lowest BCUT2D eigenvalue weighted by molar-refractivity contribution is -0.274. The lowest BCUT2D eigenvalue weighted by atomic mass is 10.1. The molecule has 1 aromatic heterocycles. The van der Waals surface area contributed by atoms with E-state index in [0.29, 0.717) is 23.7 Å². The van der Waals surface area contributed by atoms with Crippen LogP contribution in [-0.2, 0) is 4.79 Å². The second kappa shape index (κ2) is 10.9. The number of carbonyl (C=O) groups is 1. The van der Waals surface area contributed by atoms with Crippen molar-refractivity contribution in [1.82, 2.24) is 14.9 Å². The van der Waals surface area contributed by atoms with Gasteiger partial charge in [-0.05, 0) is 48.9 Å². The zero-order chi connectivity index (χ0) is 25.7. The maximum Gasteiger partial charge on any atom is 0.573 e. The minimum atomic E-state index is -4.75. The molecule has 3 aromatic rings. The van der Waals surface area contributed by atoms with Gasteiger partial charge in [-0.15, -0.1) is 13.2 Å². The van der Waals surface area contributed by atoms with Gasteiger partial charge in [-0.2, -0.15) is 0 Å². The van der Waals surface area contributed by atoms with Crippen LogP contribution in [0.3, 0.4) is 0 Å². The third kappa shape index (κ3) is 6.70. The molecular weight excluding hydrogens is 475 g/mol. The van der Waals surface area contributed by atoms with Crippen LogP contribution in [0.25, 0.3) is 17.0 Å². The number of nitrogens with one attached hydrogen (secondary N) is 1. The highest BCUT2D eigenvalue weighted by atomic mass is 19.4. The Morgan fingerprint density at radius 1 is 1.11 bits per heavy atom. The molecule has 0 aliphatic carbocycles. The summed E-state index contributed by atoms with van der Waals surface area (Å²) in [6.07, 6.45) is -1.96. The summed E-state index contributed by atoms with van der Waals surface area (Å²) >= 11 is 0. The summed E-state index contributed by atoms with van der Waals surface area (Å²) in [4.78, 5) is 26.1. The van der Waals surface area contributed by atoms with Gasteiger partial charge >= 0.3 is 6.36 Å². The van der Waals surface area contributed by atoms with Crippen LogP contribution in [0.15, 0.2) is 48.5 Å². The van der Waals surface area contributed by atoms with Crippen LogP contribution in [0.2, 0.25) is 0 Å². The van der Waals surface area contributed by atoms with Crippen LogP contribution in [0, 0.1) is 6.92 Å². The number of benzene rings is 2. The van der Waals surface area contributed by atoms with Gasteiger partial charge in [0.05, 0.1) is 17.8 Å². The van der Waals surface area contributed by atoms with Gasteiger partial charge in [0.25, 0.3) is 0 Å². The molecule has 0 radical (unpaired) electrons. The molecule has 1 amide bonds. The first-order valence-corrected chi connectivity index (χ1v) is 11.4. The molecule has 11 heteroatoms. The summed E-state index contributed by atoms with van der Waals surface area (Å²) in [6.45, 7) is 5.95. The number of aromatic nitrogens is 2. The highest BCUT2D eigenvalue weighted by Crippen LogP contribution is 2.25. The number of anilines is 2. The molecule has 190 valence electrons. The highest BCUT2D eigenvalue weighted by Gasteiger charge is 2.30. The molecule has 2 heterocycles.